The van der Waals surface area contributed by atoms with Gasteiger partial charge in [-0.05, 0) is 62.2 Å². The van der Waals surface area contributed by atoms with E-state index in [1.807, 2.05) is 32.0 Å². The molecule has 3 aromatic rings. The monoisotopic (exact) mass is 475 g/mol. The number of aromatic nitrogens is 2. The molecule has 0 saturated carbocycles. The molecule has 1 heterocycles. The van der Waals surface area contributed by atoms with E-state index >= 15 is 0 Å². The number of halogens is 1. The summed E-state index contributed by atoms with van der Waals surface area (Å²) in [5.41, 5.74) is 2.15. The van der Waals surface area contributed by atoms with Gasteiger partial charge >= 0.3 is 0 Å². The van der Waals surface area contributed by atoms with Crippen LogP contribution in [0.1, 0.15) is 23.9 Å². The van der Waals surface area contributed by atoms with Crippen LogP contribution < -0.4 is 9.47 Å². The fourth-order valence-corrected chi connectivity index (χ4v) is 3.74. The van der Waals surface area contributed by atoms with Crippen molar-refractivity contribution in [1.82, 2.24) is 15.1 Å². The summed E-state index contributed by atoms with van der Waals surface area (Å²) in [6, 6.07) is 13.1. The number of benzene rings is 2. The number of carbonyl (C=O) groups excluding carboxylic acids is 1. The molecule has 0 saturated heterocycles. The average Bonchev–Trinajstić information content (AvgIpc) is 3.22. The molecule has 32 heavy (non-hydrogen) atoms. The molecular weight excluding hydrogens is 450 g/mol. The molecule has 0 aliphatic heterocycles. The van der Waals surface area contributed by atoms with Crippen LogP contribution in [-0.2, 0) is 11.4 Å². The van der Waals surface area contributed by atoms with Gasteiger partial charge < -0.3 is 18.8 Å². The van der Waals surface area contributed by atoms with Gasteiger partial charge in [0, 0.05) is 12.1 Å². The molecule has 0 N–H and O–H groups in total. The molecule has 1 unspecified atom stereocenters. The average molecular weight is 476 g/mol. The number of hydrogen-bond donors (Lipinski definition) is 0. The van der Waals surface area contributed by atoms with E-state index in [-0.39, 0.29) is 17.8 Å². The zero-order valence-electron chi connectivity index (χ0n) is 18.5. The van der Waals surface area contributed by atoms with Gasteiger partial charge in [-0.2, -0.15) is 0 Å². The third kappa shape index (κ3) is 6.90. The van der Waals surface area contributed by atoms with E-state index in [2.05, 4.69) is 10.2 Å². The van der Waals surface area contributed by atoms with Crippen LogP contribution >= 0.6 is 23.4 Å². The predicted octanol–water partition coefficient (Wildman–Crippen LogP) is 4.94. The molecule has 0 aliphatic carbocycles. The lowest BCUT2D eigenvalue weighted by Crippen LogP contribution is -2.36. The molecule has 170 valence electrons. The predicted molar refractivity (Wildman–Crippen MR) is 124 cm³/mol. The number of aryl methyl sites for hydroxylation is 2. The van der Waals surface area contributed by atoms with Crippen molar-refractivity contribution in [2.45, 2.75) is 37.9 Å². The summed E-state index contributed by atoms with van der Waals surface area (Å²) in [6.45, 7) is 6.79. The van der Waals surface area contributed by atoms with Crippen molar-refractivity contribution in [1.29, 1.82) is 0 Å². The molecule has 0 spiro atoms. The summed E-state index contributed by atoms with van der Waals surface area (Å²) in [6.07, 6.45) is 0. The Morgan fingerprint density at radius 1 is 1.16 bits per heavy atom. The Morgan fingerprint density at radius 2 is 1.91 bits per heavy atom. The zero-order chi connectivity index (χ0) is 23.1. The zero-order valence-corrected chi connectivity index (χ0v) is 20.1. The van der Waals surface area contributed by atoms with Gasteiger partial charge in [-0.1, -0.05) is 35.5 Å². The number of amides is 1. The summed E-state index contributed by atoms with van der Waals surface area (Å²) in [7, 11) is 1.74. The second-order valence-corrected chi connectivity index (χ2v) is 9.07. The second kappa shape index (κ2) is 11.2. The molecule has 7 nitrogen and oxygen atoms in total. The second-order valence-electron chi connectivity index (χ2n) is 7.34. The van der Waals surface area contributed by atoms with E-state index in [1.165, 1.54) is 11.8 Å². The van der Waals surface area contributed by atoms with E-state index in [9.17, 15) is 4.79 Å². The highest BCUT2D eigenvalue weighted by molar-refractivity contribution is 8.00. The third-order valence-corrected chi connectivity index (χ3v) is 5.83. The molecule has 0 aliphatic rings. The van der Waals surface area contributed by atoms with Gasteiger partial charge in [0.2, 0.25) is 5.91 Å². The first-order chi connectivity index (χ1) is 15.3. The van der Waals surface area contributed by atoms with E-state index in [4.69, 9.17) is 25.5 Å². The molecular formula is C23H26ClN3O4S. The first kappa shape index (κ1) is 23.9. The fraction of sp³-hybridized carbons (Fsp3) is 0.348. The fourth-order valence-electron chi connectivity index (χ4n) is 2.80. The highest BCUT2D eigenvalue weighted by Crippen LogP contribution is 2.24. The van der Waals surface area contributed by atoms with Crippen LogP contribution in [0.2, 0.25) is 5.02 Å². The number of ether oxygens (including phenoxy) is 2. The molecule has 1 amide bonds. The lowest BCUT2D eigenvalue weighted by Gasteiger charge is -2.20. The molecule has 1 aromatic heterocycles. The molecule has 1 atom stereocenters. The van der Waals surface area contributed by atoms with Gasteiger partial charge in [0.25, 0.3) is 11.1 Å². The van der Waals surface area contributed by atoms with Gasteiger partial charge in [-0.25, -0.2) is 0 Å². The Hall–Kier alpha value is -2.71. The van der Waals surface area contributed by atoms with Crippen molar-refractivity contribution in [2.75, 3.05) is 20.2 Å². The number of hydrogen-bond acceptors (Lipinski definition) is 7. The van der Waals surface area contributed by atoms with E-state index < -0.39 is 0 Å². The Balaban J connectivity index is 1.44. The first-order valence-corrected chi connectivity index (χ1v) is 11.4. The van der Waals surface area contributed by atoms with E-state index in [0.29, 0.717) is 35.0 Å². The molecule has 3 rings (SSSR count). The van der Waals surface area contributed by atoms with E-state index in [0.717, 1.165) is 16.9 Å². The minimum Gasteiger partial charge on any atom is -0.492 e. The van der Waals surface area contributed by atoms with E-state index in [1.54, 1.807) is 43.1 Å². The van der Waals surface area contributed by atoms with Gasteiger partial charge in [0.1, 0.15) is 18.1 Å². The van der Waals surface area contributed by atoms with Crippen molar-refractivity contribution >= 4 is 29.3 Å². The normalized spacial score (nSPS) is 11.8. The Morgan fingerprint density at radius 3 is 2.66 bits per heavy atom. The van der Waals surface area contributed by atoms with Crippen molar-refractivity contribution in [2.24, 2.45) is 0 Å². The summed E-state index contributed by atoms with van der Waals surface area (Å²) < 4.78 is 17.1. The summed E-state index contributed by atoms with van der Waals surface area (Å²) in [5.74, 6) is 1.79. The van der Waals surface area contributed by atoms with Gasteiger partial charge in [-0.15, -0.1) is 10.2 Å². The number of carbonyl (C=O) groups is 1. The maximum Gasteiger partial charge on any atom is 0.277 e. The standard InChI is InChI=1S/C23H26ClN3O4S/c1-15-5-6-16(2)20(13-15)30-14-21-25-26-23(31-21)32-17(3)22(28)27(4)11-12-29-19-9-7-18(24)8-10-19/h5-10,13,17H,11-12,14H2,1-4H3. The number of nitrogens with zero attached hydrogens (tertiary/aromatic N) is 3. The number of rotatable bonds is 10. The highest BCUT2D eigenvalue weighted by Gasteiger charge is 2.21. The van der Waals surface area contributed by atoms with Crippen LogP contribution in [0.15, 0.2) is 52.1 Å². The first-order valence-electron chi connectivity index (χ1n) is 10.1. The van der Waals surface area contributed by atoms with Crippen LogP contribution in [0.4, 0.5) is 0 Å². The van der Waals surface area contributed by atoms with Crippen molar-refractivity contribution < 1.29 is 18.7 Å². The molecule has 0 bridgehead atoms. The Labute approximate surface area is 197 Å². The van der Waals surface area contributed by atoms with Crippen LogP contribution in [-0.4, -0.2) is 46.5 Å². The highest BCUT2D eigenvalue weighted by atomic mass is 35.5. The van der Waals surface area contributed by atoms with Crippen LogP contribution in [0.5, 0.6) is 11.5 Å². The van der Waals surface area contributed by atoms with Crippen LogP contribution in [0.25, 0.3) is 0 Å². The smallest absolute Gasteiger partial charge is 0.277 e. The quantitative estimate of drug-likeness (QED) is 0.384. The summed E-state index contributed by atoms with van der Waals surface area (Å²) >= 11 is 7.08. The maximum absolute atomic E-state index is 12.6. The van der Waals surface area contributed by atoms with Crippen molar-refractivity contribution in [3.63, 3.8) is 0 Å². The minimum atomic E-state index is -0.385. The largest absolute Gasteiger partial charge is 0.492 e. The Bertz CT molecular complexity index is 1040. The van der Waals surface area contributed by atoms with Gasteiger partial charge in [0.15, 0.2) is 6.61 Å². The van der Waals surface area contributed by atoms with Crippen LogP contribution in [0, 0.1) is 13.8 Å². The SMILES string of the molecule is Cc1ccc(C)c(OCc2nnc(SC(C)C(=O)N(C)CCOc3ccc(Cl)cc3)o2)c1. The van der Waals surface area contributed by atoms with Gasteiger partial charge in [-0.3, -0.25) is 4.79 Å². The van der Waals surface area contributed by atoms with Gasteiger partial charge in [0.05, 0.1) is 11.8 Å². The molecule has 2 aromatic carbocycles. The molecule has 9 heteroatoms. The van der Waals surface area contributed by atoms with Crippen LogP contribution in [0.3, 0.4) is 0 Å². The maximum atomic E-state index is 12.6. The molecule has 0 fully saturated rings. The lowest BCUT2D eigenvalue weighted by molar-refractivity contribution is -0.129. The number of thioether (sulfide) groups is 1. The number of likely N-dealkylation sites (N-methyl/N-ethyl adjacent to an activating group) is 1. The Kier molecular flexibility index (Phi) is 8.41. The van der Waals surface area contributed by atoms with Crippen molar-refractivity contribution in [3.8, 4) is 11.5 Å². The minimum absolute atomic E-state index is 0.0545. The van der Waals surface area contributed by atoms with Crippen molar-refractivity contribution in [3.05, 3.63) is 64.5 Å². The summed E-state index contributed by atoms with van der Waals surface area (Å²) in [4.78, 5) is 14.3. The summed E-state index contributed by atoms with van der Waals surface area (Å²) in [5, 5.41) is 8.63. The topological polar surface area (TPSA) is 77.7 Å². The third-order valence-electron chi connectivity index (χ3n) is 4.65. The molecule has 0 radical (unpaired) electrons. The lowest BCUT2D eigenvalue weighted by atomic mass is 10.1.